The van der Waals surface area contributed by atoms with Crippen molar-refractivity contribution in [2.45, 2.75) is 26.4 Å². The van der Waals surface area contributed by atoms with E-state index in [1.807, 2.05) is 34.1 Å². The van der Waals surface area contributed by atoms with E-state index in [1.165, 1.54) is 0 Å². The highest BCUT2D eigenvalue weighted by Crippen LogP contribution is 2.28. The van der Waals surface area contributed by atoms with Gasteiger partial charge in [-0.2, -0.15) is 0 Å². The van der Waals surface area contributed by atoms with E-state index in [2.05, 4.69) is 0 Å². The second kappa shape index (κ2) is 3.50. The first-order valence-corrected chi connectivity index (χ1v) is 5.10. The molecule has 0 N–H and O–H groups in total. The van der Waals surface area contributed by atoms with E-state index >= 15 is 0 Å². The fourth-order valence-corrected chi connectivity index (χ4v) is 0.559. The molecule has 0 aromatic rings. The van der Waals surface area contributed by atoms with Crippen LogP contribution in [0.2, 0.25) is 0 Å². The highest BCUT2D eigenvalue weighted by molar-refractivity contribution is 7.50. The Kier molecular flexibility index (Phi) is 3.64. The highest BCUT2D eigenvalue weighted by atomic mass is 31.1. The van der Waals surface area contributed by atoms with Gasteiger partial charge >= 0.3 is 0 Å². The summed E-state index contributed by atoms with van der Waals surface area (Å²) in [6.45, 7) is 9.89. The van der Waals surface area contributed by atoms with Crippen LogP contribution in [0, 0.1) is 0 Å². The lowest BCUT2D eigenvalue weighted by molar-refractivity contribution is -0.268. The maximum absolute atomic E-state index is 5.02. The lowest BCUT2D eigenvalue weighted by atomic mass is 10.2. The van der Waals surface area contributed by atoms with Crippen LogP contribution in [0.5, 0.6) is 0 Å². The standard InChI is InChI=1S/C6H15O2P/c1-6(2,3)7-8-9(4)5/h1-5H3. The first-order valence-electron chi connectivity index (χ1n) is 2.95. The first-order chi connectivity index (χ1) is 3.92. The summed E-state index contributed by atoms with van der Waals surface area (Å²) in [5.74, 6) is 0. The Balaban J connectivity index is 3.28. The molecule has 0 radical (unpaired) electrons. The third-order valence-corrected chi connectivity index (χ3v) is 0.809. The summed E-state index contributed by atoms with van der Waals surface area (Å²) in [4.78, 5) is 5.02. The molecule has 0 fully saturated rings. The van der Waals surface area contributed by atoms with Gasteiger partial charge in [0.05, 0.1) is 13.7 Å². The molecule has 0 saturated heterocycles. The maximum Gasteiger partial charge on any atom is 0.0955 e. The Hall–Kier alpha value is 0.350. The molecule has 9 heavy (non-hydrogen) atoms. The van der Waals surface area contributed by atoms with Gasteiger partial charge in [0.2, 0.25) is 0 Å². The lowest BCUT2D eigenvalue weighted by Gasteiger charge is -2.18. The van der Waals surface area contributed by atoms with Crippen LogP contribution < -0.4 is 0 Å². The Morgan fingerprint density at radius 3 is 1.67 bits per heavy atom. The van der Waals surface area contributed by atoms with Crippen molar-refractivity contribution in [3.05, 3.63) is 0 Å². The SMILES string of the molecule is CP(C)OOC(C)(C)C. The van der Waals surface area contributed by atoms with Gasteiger partial charge in [0.1, 0.15) is 0 Å². The van der Waals surface area contributed by atoms with E-state index < -0.39 is 0 Å². The van der Waals surface area contributed by atoms with Crippen molar-refractivity contribution in [1.82, 2.24) is 0 Å². The van der Waals surface area contributed by atoms with Crippen molar-refractivity contribution in [2.24, 2.45) is 0 Å². The van der Waals surface area contributed by atoms with Crippen molar-refractivity contribution in [1.29, 1.82) is 0 Å². The Labute approximate surface area is 58.3 Å². The highest BCUT2D eigenvalue weighted by Gasteiger charge is 2.11. The first kappa shape index (κ1) is 9.35. The molecule has 2 nitrogen and oxygen atoms in total. The van der Waals surface area contributed by atoms with E-state index in [1.54, 1.807) is 0 Å². The molecule has 0 aromatic carbocycles. The Morgan fingerprint density at radius 2 is 1.56 bits per heavy atom. The summed E-state index contributed by atoms with van der Waals surface area (Å²) >= 11 is 0. The average Bonchev–Trinajstić information content (AvgIpc) is 1.59. The van der Waals surface area contributed by atoms with Gasteiger partial charge in [0, 0.05) is 0 Å². The van der Waals surface area contributed by atoms with Crippen molar-refractivity contribution in [2.75, 3.05) is 13.3 Å². The summed E-state index contributed by atoms with van der Waals surface area (Å²) in [5.41, 5.74) is -0.174. The van der Waals surface area contributed by atoms with E-state index in [-0.39, 0.29) is 13.7 Å². The van der Waals surface area contributed by atoms with Crippen LogP contribution in [0.25, 0.3) is 0 Å². The predicted molar refractivity (Wildman–Crippen MR) is 40.7 cm³/mol. The maximum atomic E-state index is 5.02. The molecular weight excluding hydrogens is 135 g/mol. The monoisotopic (exact) mass is 150 g/mol. The van der Waals surface area contributed by atoms with Crippen molar-refractivity contribution in [3.63, 3.8) is 0 Å². The van der Waals surface area contributed by atoms with E-state index in [0.29, 0.717) is 0 Å². The van der Waals surface area contributed by atoms with Gasteiger partial charge in [-0.15, -0.1) is 0 Å². The normalized spacial score (nSPS) is 12.7. The second-order valence-electron chi connectivity index (χ2n) is 3.08. The van der Waals surface area contributed by atoms with Gasteiger partial charge < -0.3 is 0 Å². The van der Waals surface area contributed by atoms with Gasteiger partial charge in [-0.05, 0) is 34.1 Å². The lowest BCUT2D eigenvalue weighted by Crippen LogP contribution is -2.17. The summed E-state index contributed by atoms with van der Waals surface area (Å²) in [7, 11) is -0.387. The van der Waals surface area contributed by atoms with Crippen LogP contribution in [0.3, 0.4) is 0 Å². The average molecular weight is 150 g/mol. The molecule has 0 unspecified atom stereocenters. The van der Waals surface area contributed by atoms with Crippen molar-refractivity contribution < 1.29 is 9.56 Å². The van der Waals surface area contributed by atoms with Gasteiger partial charge in [-0.3, -0.25) is 0 Å². The summed E-state index contributed by atoms with van der Waals surface area (Å²) in [5, 5.41) is 0. The summed E-state index contributed by atoms with van der Waals surface area (Å²) < 4.78 is 4.97. The molecule has 0 rings (SSSR count). The van der Waals surface area contributed by atoms with Crippen LogP contribution in [0.4, 0.5) is 0 Å². The van der Waals surface area contributed by atoms with Crippen molar-refractivity contribution in [3.8, 4) is 0 Å². The van der Waals surface area contributed by atoms with Gasteiger partial charge in [0.15, 0.2) is 0 Å². The van der Waals surface area contributed by atoms with Gasteiger partial charge in [-0.1, -0.05) is 0 Å². The molecule has 0 atom stereocenters. The molecule has 0 aliphatic rings. The minimum absolute atomic E-state index is 0.174. The third-order valence-electron chi connectivity index (χ3n) is 0.436. The van der Waals surface area contributed by atoms with E-state index in [4.69, 9.17) is 9.56 Å². The second-order valence-corrected chi connectivity index (χ2v) is 4.86. The fraction of sp³-hybridized carbons (Fsp3) is 1.00. The molecule has 3 heteroatoms. The number of hydrogen-bond acceptors (Lipinski definition) is 2. The number of hydrogen-bond donors (Lipinski definition) is 0. The van der Waals surface area contributed by atoms with Gasteiger partial charge in [-0.25, -0.2) is 9.56 Å². The zero-order chi connectivity index (χ0) is 7.49. The minimum Gasteiger partial charge on any atom is -0.228 e. The molecule has 0 aliphatic carbocycles. The van der Waals surface area contributed by atoms with Crippen LogP contribution in [-0.4, -0.2) is 18.9 Å². The van der Waals surface area contributed by atoms with Crippen LogP contribution in [0.15, 0.2) is 0 Å². The van der Waals surface area contributed by atoms with Crippen LogP contribution >= 0.6 is 8.15 Å². The third kappa shape index (κ3) is 8.35. The zero-order valence-corrected chi connectivity index (χ0v) is 7.66. The van der Waals surface area contributed by atoms with Crippen molar-refractivity contribution >= 4 is 8.15 Å². The largest absolute Gasteiger partial charge is 0.228 e. The molecule has 56 valence electrons. The molecule has 0 spiro atoms. The Bertz CT molecular complexity index is 75.6. The van der Waals surface area contributed by atoms with Crippen LogP contribution in [-0.2, 0) is 9.56 Å². The molecule has 0 aliphatic heterocycles. The smallest absolute Gasteiger partial charge is 0.0955 e. The molecule has 0 saturated carbocycles. The molecule has 0 heterocycles. The number of rotatable bonds is 2. The van der Waals surface area contributed by atoms with Crippen LogP contribution in [0.1, 0.15) is 20.8 Å². The molecule has 0 bridgehead atoms. The quantitative estimate of drug-likeness (QED) is 0.342. The predicted octanol–water partition coefficient (Wildman–Crippen LogP) is 2.39. The Morgan fingerprint density at radius 1 is 1.11 bits per heavy atom. The van der Waals surface area contributed by atoms with E-state index in [9.17, 15) is 0 Å². The van der Waals surface area contributed by atoms with E-state index in [0.717, 1.165) is 0 Å². The van der Waals surface area contributed by atoms with Gasteiger partial charge in [0.25, 0.3) is 0 Å². The fourth-order valence-electron chi connectivity index (χ4n) is 0.186. The summed E-state index contributed by atoms with van der Waals surface area (Å²) in [6.07, 6.45) is 0. The molecular formula is C6H15O2P. The molecule has 0 aromatic heterocycles. The molecule has 0 amide bonds. The minimum atomic E-state index is -0.387. The summed E-state index contributed by atoms with van der Waals surface area (Å²) in [6, 6.07) is 0. The zero-order valence-electron chi connectivity index (χ0n) is 6.76. The topological polar surface area (TPSA) is 18.5 Å².